The van der Waals surface area contributed by atoms with Crippen molar-refractivity contribution in [1.82, 2.24) is 10.2 Å². The van der Waals surface area contributed by atoms with E-state index in [4.69, 9.17) is 5.73 Å². The molecule has 0 spiro atoms. The van der Waals surface area contributed by atoms with Crippen molar-refractivity contribution < 1.29 is 40.4 Å². The molecule has 1 saturated carbocycles. The molecule has 2 aliphatic heterocycles. The molecule has 208 valence electrons. The van der Waals surface area contributed by atoms with Gasteiger partial charge in [-0.05, 0) is 60.6 Å². The zero-order valence-electron chi connectivity index (χ0n) is 20.7. The number of benzene rings is 2. The van der Waals surface area contributed by atoms with E-state index in [9.17, 15) is 36.0 Å². The van der Waals surface area contributed by atoms with Crippen LogP contribution in [0.5, 0.6) is 0 Å². The number of primary amides is 1. The van der Waals surface area contributed by atoms with Gasteiger partial charge in [0.25, 0.3) is 5.91 Å². The zero-order chi connectivity index (χ0) is 28.5. The second kappa shape index (κ2) is 9.04. The number of hydrogen-bond donors (Lipinski definition) is 2. The summed E-state index contributed by atoms with van der Waals surface area (Å²) in [4.78, 5) is 39.8. The number of sulfone groups is 1. The van der Waals surface area contributed by atoms with Crippen LogP contribution in [0.2, 0.25) is 0 Å². The molecule has 5 atom stereocenters. The normalized spacial score (nSPS) is 27.2. The van der Waals surface area contributed by atoms with E-state index in [0.717, 1.165) is 18.4 Å². The number of hydrogen-bond acceptors (Lipinski definition) is 5. The molecule has 2 heterocycles. The van der Waals surface area contributed by atoms with E-state index < -0.39 is 62.6 Å². The molecule has 39 heavy (non-hydrogen) atoms. The maximum absolute atomic E-state index is 15.4. The highest BCUT2D eigenvalue weighted by Gasteiger charge is 2.72. The first-order valence-electron chi connectivity index (χ1n) is 12.2. The highest BCUT2D eigenvalue weighted by atomic mass is 32.2. The number of fused-ring (bicyclic) bond motifs is 1. The molecule has 3 amide bonds. The van der Waals surface area contributed by atoms with Crippen LogP contribution in [0.25, 0.3) is 0 Å². The molecule has 5 rings (SSSR count). The van der Waals surface area contributed by atoms with Gasteiger partial charge < -0.3 is 16.0 Å². The Balaban J connectivity index is 1.65. The monoisotopic (exact) mass is 567 g/mol. The Morgan fingerprint density at radius 2 is 1.90 bits per heavy atom. The van der Waals surface area contributed by atoms with E-state index in [1.807, 2.05) is 0 Å². The molecule has 2 aromatic carbocycles. The molecule has 3 N–H and O–H groups in total. The predicted molar refractivity (Wildman–Crippen MR) is 129 cm³/mol. The van der Waals surface area contributed by atoms with E-state index in [2.05, 4.69) is 5.32 Å². The van der Waals surface area contributed by atoms with E-state index in [1.54, 1.807) is 0 Å². The number of likely N-dealkylation sites (tertiary alicyclic amines) is 1. The average Bonchev–Trinajstić information content (AvgIpc) is 3.20. The van der Waals surface area contributed by atoms with Crippen molar-refractivity contribution in [3.05, 3.63) is 65.0 Å². The van der Waals surface area contributed by atoms with E-state index in [-0.39, 0.29) is 47.2 Å². The first-order valence-corrected chi connectivity index (χ1v) is 14.1. The standard InChI is InChI=1S/C26H25F4N3O5S/c1-39(37,38)17-4-2-3-13(7-17)24(36)33-20(23(31)35)10-16-11-25(16,33)22(14-8-21(34)32-12-14)18-6-5-15(9-19(18)27)26(28,29)30/h2-7,9,14,16,20,22H,8,10-12H2,1H3,(H2,31,35)(H,32,34)/t14-,16?,20?,22+,25?/m0/s1. The van der Waals surface area contributed by atoms with Gasteiger partial charge in [0.15, 0.2) is 9.84 Å². The molecule has 0 radical (unpaired) electrons. The molecule has 13 heteroatoms. The number of alkyl halides is 3. The maximum Gasteiger partial charge on any atom is 0.416 e. The molecule has 3 aliphatic rings. The number of piperidine rings is 1. The van der Waals surface area contributed by atoms with Crippen LogP contribution in [0.3, 0.4) is 0 Å². The van der Waals surface area contributed by atoms with Gasteiger partial charge in [-0.25, -0.2) is 12.8 Å². The van der Waals surface area contributed by atoms with Gasteiger partial charge in [0.1, 0.15) is 11.9 Å². The minimum Gasteiger partial charge on any atom is -0.368 e. The number of nitrogens with one attached hydrogen (secondary N) is 1. The number of nitrogens with zero attached hydrogens (tertiary/aromatic N) is 1. The summed E-state index contributed by atoms with van der Waals surface area (Å²) in [6.07, 6.45) is -3.39. The lowest BCUT2D eigenvalue weighted by atomic mass is 9.76. The second-order valence-electron chi connectivity index (χ2n) is 10.5. The van der Waals surface area contributed by atoms with Crippen molar-refractivity contribution in [3.8, 4) is 0 Å². The number of carbonyl (C=O) groups excluding carboxylic acids is 3. The number of rotatable bonds is 6. The molecular weight excluding hydrogens is 542 g/mol. The molecule has 3 fully saturated rings. The van der Waals surface area contributed by atoms with Crippen LogP contribution in [0.1, 0.15) is 46.7 Å². The Hall–Kier alpha value is -3.48. The number of amides is 3. The molecule has 0 aromatic heterocycles. The van der Waals surface area contributed by atoms with Gasteiger partial charge in [-0.2, -0.15) is 13.2 Å². The highest BCUT2D eigenvalue weighted by Crippen LogP contribution is 2.67. The molecule has 1 aliphatic carbocycles. The molecule has 0 bridgehead atoms. The number of carbonyl (C=O) groups is 3. The lowest BCUT2D eigenvalue weighted by Crippen LogP contribution is -2.54. The smallest absolute Gasteiger partial charge is 0.368 e. The summed E-state index contributed by atoms with van der Waals surface area (Å²) in [6.45, 7) is 0.102. The minimum absolute atomic E-state index is 0.0386. The van der Waals surface area contributed by atoms with Crippen LogP contribution >= 0.6 is 0 Å². The van der Waals surface area contributed by atoms with E-state index in [1.165, 1.54) is 29.2 Å². The van der Waals surface area contributed by atoms with Crippen molar-refractivity contribution >= 4 is 27.6 Å². The topological polar surface area (TPSA) is 127 Å². The number of nitrogens with two attached hydrogens (primary N) is 1. The molecule has 3 unspecified atom stereocenters. The van der Waals surface area contributed by atoms with Gasteiger partial charge >= 0.3 is 6.18 Å². The lowest BCUT2D eigenvalue weighted by molar-refractivity contribution is -0.137. The van der Waals surface area contributed by atoms with Crippen molar-refractivity contribution in [1.29, 1.82) is 0 Å². The fourth-order valence-electron chi connectivity index (χ4n) is 6.44. The van der Waals surface area contributed by atoms with Crippen molar-refractivity contribution in [3.63, 3.8) is 0 Å². The fraction of sp³-hybridized carbons (Fsp3) is 0.423. The Kier molecular flexibility index (Phi) is 6.28. The third-order valence-electron chi connectivity index (χ3n) is 8.13. The van der Waals surface area contributed by atoms with Crippen LogP contribution < -0.4 is 11.1 Å². The van der Waals surface area contributed by atoms with Crippen LogP contribution in [-0.4, -0.2) is 55.4 Å². The Labute approximate surface area is 221 Å². The van der Waals surface area contributed by atoms with Crippen molar-refractivity contribution in [2.75, 3.05) is 12.8 Å². The third-order valence-corrected chi connectivity index (χ3v) is 9.24. The second-order valence-corrected chi connectivity index (χ2v) is 12.5. The lowest BCUT2D eigenvalue weighted by Gasteiger charge is -2.40. The van der Waals surface area contributed by atoms with Crippen molar-refractivity contribution in [2.24, 2.45) is 17.6 Å². The molecule has 2 aromatic rings. The minimum atomic E-state index is -4.78. The van der Waals surface area contributed by atoms with Gasteiger partial charge in [-0.15, -0.1) is 0 Å². The maximum atomic E-state index is 15.4. The number of halogens is 4. The Morgan fingerprint density at radius 3 is 2.46 bits per heavy atom. The largest absolute Gasteiger partial charge is 0.416 e. The van der Waals surface area contributed by atoms with Gasteiger partial charge in [0, 0.05) is 30.7 Å². The molecule has 8 nitrogen and oxygen atoms in total. The zero-order valence-corrected chi connectivity index (χ0v) is 21.5. The predicted octanol–water partition coefficient (Wildman–Crippen LogP) is 2.63. The first kappa shape index (κ1) is 27.1. The summed E-state index contributed by atoms with van der Waals surface area (Å²) in [5.41, 5.74) is 3.13. The van der Waals surface area contributed by atoms with Crippen LogP contribution in [0, 0.1) is 17.7 Å². The van der Waals surface area contributed by atoms with Crippen LogP contribution in [-0.2, 0) is 25.6 Å². The fourth-order valence-corrected chi connectivity index (χ4v) is 7.10. The first-order chi connectivity index (χ1) is 18.1. The SMILES string of the molecule is CS(=O)(=O)c1cccc(C(=O)N2C(C(N)=O)CC3CC32[C@@H](c2ccc(C(F)(F)F)cc2F)[C@@H]2CNC(=O)C2)c1. The average molecular weight is 568 g/mol. The van der Waals surface area contributed by atoms with Gasteiger partial charge in [0.05, 0.1) is 16.0 Å². The summed E-state index contributed by atoms with van der Waals surface area (Å²) in [6, 6.07) is 6.31. The van der Waals surface area contributed by atoms with E-state index >= 15 is 4.39 Å². The van der Waals surface area contributed by atoms with Crippen molar-refractivity contribution in [2.45, 2.75) is 47.8 Å². The summed E-state index contributed by atoms with van der Waals surface area (Å²) in [5, 5.41) is 2.66. The van der Waals surface area contributed by atoms with Gasteiger partial charge in [-0.3, -0.25) is 14.4 Å². The van der Waals surface area contributed by atoms with Crippen LogP contribution in [0.4, 0.5) is 17.6 Å². The highest BCUT2D eigenvalue weighted by molar-refractivity contribution is 7.90. The summed E-state index contributed by atoms with van der Waals surface area (Å²) in [5.74, 6) is -4.84. The quantitative estimate of drug-likeness (QED) is 0.519. The van der Waals surface area contributed by atoms with E-state index in [0.29, 0.717) is 12.5 Å². The summed E-state index contributed by atoms with van der Waals surface area (Å²) in [7, 11) is -3.68. The van der Waals surface area contributed by atoms with Gasteiger partial charge in [0.2, 0.25) is 11.8 Å². The molecular formula is C26H25F4N3O5S. The third kappa shape index (κ3) is 4.56. The Morgan fingerprint density at radius 1 is 1.18 bits per heavy atom. The van der Waals surface area contributed by atoms with Gasteiger partial charge in [-0.1, -0.05) is 12.1 Å². The summed E-state index contributed by atoms with van der Waals surface area (Å²) < 4.78 is 79.5. The van der Waals surface area contributed by atoms with Crippen LogP contribution in [0.15, 0.2) is 47.4 Å². The summed E-state index contributed by atoms with van der Waals surface area (Å²) >= 11 is 0. The Bertz CT molecular complexity index is 1490. The molecule has 2 saturated heterocycles.